The number of likely N-dealkylation sites (tertiary alicyclic amines) is 1. The van der Waals surface area contributed by atoms with Crippen molar-refractivity contribution in [2.75, 3.05) is 33.8 Å². The maximum absolute atomic E-state index is 13.1. The molecule has 1 atom stereocenters. The summed E-state index contributed by atoms with van der Waals surface area (Å²) in [6.45, 7) is 9.63. The zero-order valence-electron chi connectivity index (χ0n) is 20.4. The van der Waals surface area contributed by atoms with Gasteiger partial charge in [0.2, 0.25) is 0 Å². The van der Waals surface area contributed by atoms with Crippen LogP contribution in [0.25, 0.3) is 5.76 Å². The van der Waals surface area contributed by atoms with E-state index in [0.717, 1.165) is 22.4 Å². The molecule has 1 aliphatic rings. The minimum absolute atomic E-state index is 0.123. The fourth-order valence-corrected chi connectivity index (χ4v) is 3.88. The predicted molar refractivity (Wildman–Crippen MR) is 130 cm³/mol. The van der Waals surface area contributed by atoms with Crippen molar-refractivity contribution < 1.29 is 19.4 Å². The van der Waals surface area contributed by atoms with E-state index in [4.69, 9.17) is 4.74 Å². The number of aliphatic hydroxyl groups is 1. The van der Waals surface area contributed by atoms with Crippen LogP contribution in [0.4, 0.5) is 0 Å². The number of ketones is 1. The first kappa shape index (κ1) is 24.5. The number of rotatable bonds is 8. The molecule has 0 saturated carbocycles. The summed E-state index contributed by atoms with van der Waals surface area (Å²) in [5.74, 6) is -0.274. The number of Topliss-reactive ketones (excluding diaryl/α,β-unsaturated/α-hetero) is 1. The Morgan fingerprint density at radius 2 is 1.76 bits per heavy atom. The summed E-state index contributed by atoms with van der Waals surface area (Å²) in [5.41, 5.74) is 3.35. The standard InChI is InChI=1S/C27H34N2O4/c1-17(2)16-33-22-12-11-21(15-19(22)4)25(30)23-24(20-9-7-18(3)8-10-20)29(14-13-28(5)6)27(32)26(23)31/h7-12,15,17,24,30H,13-14,16H2,1-6H3/b25-23+. The lowest BCUT2D eigenvalue weighted by Gasteiger charge is -2.26. The first-order valence-electron chi connectivity index (χ1n) is 11.3. The highest BCUT2D eigenvalue weighted by Gasteiger charge is 2.45. The summed E-state index contributed by atoms with van der Waals surface area (Å²) < 4.78 is 5.84. The Morgan fingerprint density at radius 3 is 2.33 bits per heavy atom. The van der Waals surface area contributed by atoms with E-state index < -0.39 is 17.7 Å². The number of benzene rings is 2. The van der Waals surface area contributed by atoms with Crippen LogP contribution >= 0.6 is 0 Å². The first-order chi connectivity index (χ1) is 15.6. The van der Waals surface area contributed by atoms with Crippen molar-refractivity contribution in [1.29, 1.82) is 0 Å². The molecule has 1 amide bonds. The molecule has 2 aromatic rings. The van der Waals surface area contributed by atoms with E-state index in [0.29, 0.717) is 31.2 Å². The lowest BCUT2D eigenvalue weighted by Crippen LogP contribution is -2.35. The van der Waals surface area contributed by atoms with Gasteiger partial charge in [0.05, 0.1) is 18.2 Å². The van der Waals surface area contributed by atoms with Crippen LogP contribution in [0.2, 0.25) is 0 Å². The molecule has 3 rings (SSSR count). The molecule has 1 unspecified atom stereocenters. The highest BCUT2D eigenvalue weighted by molar-refractivity contribution is 6.46. The smallest absolute Gasteiger partial charge is 0.295 e. The fourth-order valence-electron chi connectivity index (χ4n) is 3.88. The highest BCUT2D eigenvalue weighted by atomic mass is 16.5. The number of likely N-dealkylation sites (N-methyl/N-ethyl adjacent to an activating group) is 1. The van der Waals surface area contributed by atoms with Gasteiger partial charge in [-0.1, -0.05) is 43.7 Å². The van der Waals surface area contributed by atoms with Crippen molar-refractivity contribution in [3.05, 3.63) is 70.3 Å². The summed E-state index contributed by atoms with van der Waals surface area (Å²) >= 11 is 0. The van der Waals surface area contributed by atoms with E-state index in [-0.39, 0.29) is 11.3 Å². The predicted octanol–water partition coefficient (Wildman–Crippen LogP) is 4.32. The van der Waals surface area contributed by atoms with Crippen molar-refractivity contribution in [2.45, 2.75) is 33.7 Å². The van der Waals surface area contributed by atoms with Crippen LogP contribution in [-0.2, 0) is 9.59 Å². The second-order valence-electron chi connectivity index (χ2n) is 9.39. The second-order valence-corrected chi connectivity index (χ2v) is 9.39. The fraction of sp³-hybridized carbons (Fsp3) is 0.407. The van der Waals surface area contributed by atoms with Gasteiger partial charge in [-0.3, -0.25) is 9.59 Å². The number of nitrogens with zero attached hydrogens (tertiary/aromatic N) is 2. The second kappa shape index (κ2) is 10.2. The molecule has 176 valence electrons. The van der Waals surface area contributed by atoms with Gasteiger partial charge in [-0.05, 0) is 63.2 Å². The number of aliphatic hydroxyl groups excluding tert-OH is 1. The van der Waals surface area contributed by atoms with Gasteiger partial charge >= 0.3 is 0 Å². The molecule has 0 aliphatic carbocycles. The highest BCUT2D eigenvalue weighted by Crippen LogP contribution is 2.39. The number of ether oxygens (including phenoxy) is 1. The first-order valence-corrected chi connectivity index (χ1v) is 11.3. The number of carbonyl (C=O) groups is 2. The average molecular weight is 451 g/mol. The average Bonchev–Trinajstić information content (AvgIpc) is 3.01. The molecule has 1 fully saturated rings. The third-order valence-corrected chi connectivity index (χ3v) is 5.74. The van der Waals surface area contributed by atoms with Crippen LogP contribution in [0.15, 0.2) is 48.0 Å². The van der Waals surface area contributed by atoms with Crippen molar-refractivity contribution in [2.24, 2.45) is 5.92 Å². The summed E-state index contributed by atoms with van der Waals surface area (Å²) in [7, 11) is 3.84. The van der Waals surface area contributed by atoms with Crippen molar-refractivity contribution in [3.63, 3.8) is 0 Å². The molecule has 1 aliphatic heterocycles. The topological polar surface area (TPSA) is 70.1 Å². The molecule has 2 aromatic carbocycles. The number of amides is 1. The minimum Gasteiger partial charge on any atom is -0.507 e. The van der Waals surface area contributed by atoms with E-state index in [1.54, 1.807) is 23.1 Å². The minimum atomic E-state index is -0.658. The van der Waals surface area contributed by atoms with Gasteiger partial charge in [0.1, 0.15) is 11.5 Å². The van der Waals surface area contributed by atoms with Crippen LogP contribution < -0.4 is 4.74 Å². The Balaban J connectivity index is 2.06. The molecule has 6 nitrogen and oxygen atoms in total. The summed E-state index contributed by atoms with van der Waals surface area (Å²) in [4.78, 5) is 29.6. The van der Waals surface area contributed by atoms with Crippen molar-refractivity contribution >= 4 is 17.4 Å². The van der Waals surface area contributed by atoms with Gasteiger partial charge in [0, 0.05) is 18.7 Å². The molecule has 1 saturated heterocycles. The summed E-state index contributed by atoms with van der Waals surface area (Å²) in [5, 5.41) is 11.3. The zero-order chi connectivity index (χ0) is 24.3. The molecule has 6 heteroatoms. The molecule has 0 bridgehead atoms. The SMILES string of the molecule is Cc1ccc(C2/C(=C(\O)c3ccc(OCC(C)C)c(C)c3)C(=O)C(=O)N2CCN(C)C)cc1. The molecule has 0 aromatic heterocycles. The van der Waals surface area contributed by atoms with Crippen molar-refractivity contribution in [3.8, 4) is 5.75 Å². The van der Waals surface area contributed by atoms with Crippen LogP contribution in [-0.4, -0.2) is 60.4 Å². The third kappa shape index (κ3) is 5.45. The quantitative estimate of drug-likeness (QED) is 0.368. The maximum atomic E-state index is 13.1. The Morgan fingerprint density at radius 1 is 1.09 bits per heavy atom. The number of hydrogen-bond donors (Lipinski definition) is 1. The normalized spacial score (nSPS) is 17.9. The van der Waals surface area contributed by atoms with Gasteiger partial charge in [-0.15, -0.1) is 0 Å². The van der Waals surface area contributed by atoms with Gasteiger partial charge in [-0.25, -0.2) is 0 Å². The molecule has 0 radical (unpaired) electrons. The van der Waals surface area contributed by atoms with E-state index >= 15 is 0 Å². The molecule has 1 N–H and O–H groups in total. The van der Waals surface area contributed by atoms with Gasteiger partial charge in [0.25, 0.3) is 11.7 Å². The lowest BCUT2D eigenvalue weighted by atomic mass is 9.94. The Hall–Kier alpha value is -3.12. The van der Waals surface area contributed by atoms with E-state index in [1.165, 1.54) is 0 Å². The molecular formula is C27H34N2O4. The van der Waals surface area contributed by atoms with Gasteiger partial charge < -0.3 is 19.6 Å². The van der Waals surface area contributed by atoms with Gasteiger partial charge in [-0.2, -0.15) is 0 Å². The number of aryl methyl sites for hydroxylation is 2. The van der Waals surface area contributed by atoms with E-state index in [1.807, 2.05) is 57.1 Å². The largest absolute Gasteiger partial charge is 0.507 e. The molecular weight excluding hydrogens is 416 g/mol. The zero-order valence-corrected chi connectivity index (χ0v) is 20.4. The lowest BCUT2D eigenvalue weighted by molar-refractivity contribution is -0.140. The Kier molecular flexibility index (Phi) is 7.59. The Bertz CT molecular complexity index is 1050. The van der Waals surface area contributed by atoms with Crippen LogP contribution in [0, 0.1) is 19.8 Å². The van der Waals surface area contributed by atoms with Gasteiger partial charge in [0.15, 0.2) is 0 Å². The third-order valence-electron chi connectivity index (χ3n) is 5.74. The Labute approximate surface area is 196 Å². The maximum Gasteiger partial charge on any atom is 0.295 e. The monoisotopic (exact) mass is 450 g/mol. The van der Waals surface area contributed by atoms with Crippen LogP contribution in [0.1, 0.15) is 42.1 Å². The summed E-state index contributed by atoms with van der Waals surface area (Å²) in [6.07, 6.45) is 0. The van der Waals surface area contributed by atoms with Crippen LogP contribution in [0.3, 0.4) is 0 Å². The van der Waals surface area contributed by atoms with E-state index in [9.17, 15) is 14.7 Å². The number of carbonyl (C=O) groups excluding carboxylic acids is 2. The number of hydrogen-bond acceptors (Lipinski definition) is 5. The summed E-state index contributed by atoms with van der Waals surface area (Å²) in [6, 6.07) is 12.4. The molecule has 0 spiro atoms. The molecule has 1 heterocycles. The molecule has 33 heavy (non-hydrogen) atoms. The van der Waals surface area contributed by atoms with E-state index in [2.05, 4.69) is 13.8 Å². The van der Waals surface area contributed by atoms with Crippen LogP contribution in [0.5, 0.6) is 5.75 Å². The van der Waals surface area contributed by atoms with Crippen molar-refractivity contribution in [1.82, 2.24) is 9.80 Å².